The molecule has 0 aliphatic carbocycles. The average molecular weight is 550 g/mol. The number of benzene rings is 3. The molecule has 8 heteroatoms. The van der Waals surface area contributed by atoms with Crippen molar-refractivity contribution in [2.45, 2.75) is 13.5 Å². The van der Waals surface area contributed by atoms with Crippen LogP contribution in [-0.2, 0) is 6.61 Å². The first-order chi connectivity index (χ1) is 15.0. The Hall–Kier alpha value is -2.71. The lowest BCUT2D eigenvalue weighted by molar-refractivity contribution is 0.0955. The van der Waals surface area contributed by atoms with Crippen molar-refractivity contribution >= 4 is 44.0 Å². The van der Waals surface area contributed by atoms with E-state index in [4.69, 9.17) is 9.47 Å². The predicted octanol–water partition coefficient (Wildman–Crippen LogP) is 6.09. The van der Waals surface area contributed by atoms with Crippen molar-refractivity contribution in [3.8, 4) is 11.5 Å². The zero-order valence-corrected chi connectivity index (χ0v) is 19.7. The number of carbonyl (C=O) groups excluding carboxylic acids is 1. The molecule has 5 nitrogen and oxygen atoms in total. The Morgan fingerprint density at radius 1 is 1.06 bits per heavy atom. The molecule has 0 fully saturated rings. The summed E-state index contributed by atoms with van der Waals surface area (Å²) in [5.41, 5.74) is 4.45. The van der Waals surface area contributed by atoms with Gasteiger partial charge in [0, 0.05) is 10.0 Å². The molecule has 0 bridgehead atoms. The third-order valence-corrected chi connectivity index (χ3v) is 5.23. The van der Waals surface area contributed by atoms with Gasteiger partial charge in [-0.1, -0.05) is 28.1 Å². The number of rotatable bonds is 8. The number of hydrogen-bond donors (Lipinski definition) is 1. The molecule has 31 heavy (non-hydrogen) atoms. The van der Waals surface area contributed by atoms with E-state index in [-0.39, 0.29) is 0 Å². The molecule has 0 aliphatic heterocycles. The van der Waals surface area contributed by atoms with E-state index in [1.807, 2.05) is 37.3 Å². The second kappa shape index (κ2) is 11.1. The van der Waals surface area contributed by atoms with Crippen molar-refractivity contribution in [3.63, 3.8) is 0 Å². The molecular weight excluding hydrogens is 531 g/mol. The van der Waals surface area contributed by atoms with Crippen LogP contribution in [0.3, 0.4) is 0 Å². The van der Waals surface area contributed by atoms with Crippen LogP contribution in [0, 0.1) is 5.82 Å². The molecule has 0 unspecified atom stereocenters. The third-order valence-electron chi connectivity index (χ3n) is 4.11. The summed E-state index contributed by atoms with van der Waals surface area (Å²) in [6, 6.07) is 16.7. The molecule has 0 aromatic heterocycles. The number of hydrogen-bond acceptors (Lipinski definition) is 4. The van der Waals surface area contributed by atoms with Gasteiger partial charge < -0.3 is 9.47 Å². The summed E-state index contributed by atoms with van der Waals surface area (Å²) in [5.74, 6) is 0.295. The Labute approximate surface area is 196 Å². The first-order valence-corrected chi connectivity index (χ1v) is 11.0. The number of halogens is 3. The van der Waals surface area contributed by atoms with Gasteiger partial charge in [0.1, 0.15) is 12.4 Å². The first kappa shape index (κ1) is 23.0. The van der Waals surface area contributed by atoms with E-state index < -0.39 is 11.7 Å². The zero-order valence-electron chi connectivity index (χ0n) is 16.6. The number of hydrazone groups is 1. The second-order valence-electron chi connectivity index (χ2n) is 6.38. The van der Waals surface area contributed by atoms with Crippen LogP contribution in [-0.4, -0.2) is 18.7 Å². The van der Waals surface area contributed by atoms with Crippen LogP contribution >= 0.6 is 31.9 Å². The van der Waals surface area contributed by atoms with Gasteiger partial charge in [0.15, 0.2) is 11.5 Å². The molecule has 0 spiro atoms. The smallest absolute Gasteiger partial charge is 0.271 e. The Morgan fingerprint density at radius 3 is 2.45 bits per heavy atom. The minimum atomic E-state index is -0.435. The summed E-state index contributed by atoms with van der Waals surface area (Å²) >= 11 is 6.94. The van der Waals surface area contributed by atoms with E-state index in [2.05, 4.69) is 42.4 Å². The van der Waals surface area contributed by atoms with Gasteiger partial charge in [-0.25, -0.2) is 9.82 Å². The fourth-order valence-corrected chi connectivity index (χ4v) is 3.47. The molecule has 0 saturated carbocycles. The monoisotopic (exact) mass is 548 g/mol. The highest BCUT2D eigenvalue weighted by Crippen LogP contribution is 2.37. The highest BCUT2D eigenvalue weighted by atomic mass is 79.9. The molecular formula is C23H19Br2FN2O3. The maximum atomic E-state index is 13.0. The van der Waals surface area contributed by atoms with Crippen LogP contribution in [0.5, 0.6) is 11.5 Å². The van der Waals surface area contributed by atoms with E-state index >= 15 is 0 Å². The average Bonchev–Trinajstić information content (AvgIpc) is 2.75. The van der Waals surface area contributed by atoms with E-state index in [1.54, 1.807) is 6.07 Å². The van der Waals surface area contributed by atoms with Gasteiger partial charge >= 0.3 is 0 Å². The van der Waals surface area contributed by atoms with Crippen molar-refractivity contribution in [2.75, 3.05) is 6.61 Å². The second-order valence-corrected chi connectivity index (χ2v) is 8.15. The van der Waals surface area contributed by atoms with Gasteiger partial charge in [0.05, 0.1) is 17.3 Å². The van der Waals surface area contributed by atoms with Crippen molar-refractivity contribution in [1.29, 1.82) is 0 Å². The largest absolute Gasteiger partial charge is 0.490 e. The molecule has 3 aromatic carbocycles. The number of nitrogens with zero attached hydrogens (tertiary/aromatic N) is 1. The molecule has 1 N–H and O–H groups in total. The third kappa shape index (κ3) is 6.63. The number of nitrogens with one attached hydrogen (secondary N) is 1. The lowest BCUT2D eigenvalue weighted by atomic mass is 10.2. The Bertz CT molecular complexity index is 1070. The number of ether oxygens (including phenoxy) is 2. The molecule has 3 rings (SSSR count). The van der Waals surface area contributed by atoms with Crippen molar-refractivity contribution in [3.05, 3.63) is 92.1 Å². The molecule has 0 saturated heterocycles. The molecule has 0 heterocycles. The van der Waals surface area contributed by atoms with Crippen LogP contribution in [0.4, 0.5) is 4.39 Å². The van der Waals surface area contributed by atoms with Crippen molar-refractivity contribution in [2.24, 2.45) is 5.10 Å². The summed E-state index contributed by atoms with van der Waals surface area (Å²) in [6.45, 7) is 2.73. The Balaban J connectivity index is 1.71. The van der Waals surface area contributed by atoms with Gasteiger partial charge in [0.2, 0.25) is 0 Å². The van der Waals surface area contributed by atoms with E-state index in [0.29, 0.717) is 40.3 Å². The van der Waals surface area contributed by atoms with Gasteiger partial charge in [-0.05, 0) is 82.5 Å². The van der Waals surface area contributed by atoms with Crippen molar-refractivity contribution < 1.29 is 18.7 Å². The van der Waals surface area contributed by atoms with Gasteiger partial charge in [0.25, 0.3) is 5.91 Å². The maximum absolute atomic E-state index is 13.0. The summed E-state index contributed by atoms with van der Waals surface area (Å²) in [5, 5.41) is 3.97. The maximum Gasteiger partial charge on any atom is 0.271 e. The number of amides is 1. The van der Waals surface area contributed by atoms with Crippen LogP contribution in [0.25, 0.3) is 0 Å². The highest BCUT2D eigenvalue weighted by Gasteiger charge is 2.12. The fraction of sp³-hybridized carbons (Fsp3) is 0.130. The molecule has 160 valence electrons. The summed E-state index contributed by atoms with van der Waals surface area (Å²) in [4.78, 5) is 12.1. The van der Waals surface area contributed by atoms with E-state index in [1.165, 1.54) is 30.5 Å². The van der Waals surface area contributed by atoms with Gasteiger partial charge in [-0.15, -0.1) is 0 Å². The van der Waals surface area contributed by atoms with Crippen LogP contribution in [0.2, 0.25) is 0 Å². The van der Waals surface area contributed by atoms with Crippen LogP contribution in [0.15, 0.2) is 74.7 Å². The number of carbonyl (C=O) groups is 1. The van der Waals surface area contributed by atoms with Crippen LogP contribution < -0.4 is 14.9 Å². The molecule has 3 aromatic rings. The zero-order chi connectivity index (χ0) is 22.2. The Morgan fingerprint density at radius 2 is 1.77 bits per heavy atom. The summed E-state index contributed by atoms with van der Waals surface area (Å²) in [7, 11) is 0. The standard InChI is InChI=1S/C23H19Br2FN2O3/c1-2-30-21-12-16(13-27-28-23(29)17-5-9-19(26)10-6-17)11-20(25)22(21)31-14-15-3-7-18(24)8-4-15/h3-13H,2,14H2,1H3,(H,28,29)/b27-13-. The lowest BCUT2D eigenvalue weighted by Gasteiger charge is -2.14. The topological polar surface area (TPSA) is 59.9 Å². The first-order valence-electron chi connectivity index (χ1n) is 9.39. The summed E-state index contributed by atoms with van der Waals surface area (Å²) in [6.07, 6.45) is 1.49. The quantitative estimate of drug-likeness (QED) is 0.273. The van der Waals surface area contributed by atoms with Crippen LogP contribution in [0.1, 0.15) is 28.4 Å². The highest BCUT2D eigenvalue weighted by molar-refractivity contribution is 9.10. The molecule has 0 atom stereocenters. The predicted molar refractivity (Wildman–Crippen MR) is 125 cm³/mol. The lowest BCUT2D eigenvalue weighted by Crippen LogP contribution is -2.17. The Kier molecular flexibility index (Phi) is 8.20. The van der Waals surface area contributed by atoms with E-state index in [0.717, 1.165) is 10.0 Å². The summed E-state index contributed by atoms with van der Waals surface area (Å²) < 4.78 is 26.4. The molecule has 0 radical (unpaired) electrons. The minimum absolute atomic E-state index is 0.312. The van der Waals surface area contributed by atoms with E-state index in [9.17, 15) is 9.18 Å². The molecule has 1 amide bonds. The van der Waals surface area contributed by atoms with Gasteiger partial charge in [-0.2, -0.15) is 5.10 Å². The normalized spacial score (nSPS) is 10.8. The fourth-order valence-electron chi connectivity index (χ4n) is 2.63. The molecule has 0 aliphatic rings. The van der Waals surface area contributed by atoms with Gasteiger partial charge in [-0.3, -0.25) is 4.79 Å². The minimum Gasteiger partial charge on any atom is -0.490 e. The SMILES string of the molecule is CCOc1cc(/C=N\NC(=O)c2ccc(F)cc2)cc(Br)c1OCc1ccc(Br)cc1. The van der Waals surface area contributed by atoms with Crippen molar-refractivity contribution in [1.82, 2.24) is 5.43 Å².